The molecule has 2 atom stereocenters. The maximum Gasteiger partial charge on any atom is 0.254 e. The maximum atomic E-state index is 12.4. The van der Waals surface area contributed by atoms with E-state index in [4.69, 9.17) is 5.73 Å². The summed E-state index contributed by atoms with van der Waals surface area (Å²) in [6.45, 7) is 8.83. The van der Waals surface area contributed by atoms with Gasteiger partial charge < -0.3 is 11.1 Å². The van der Waals surface area contributed by atoms with Gasteiger partial charge in [-0.2, -0.15) is 5.10 Å². The molecule has 112 valence electrons. The van der Waals surface area contributed by atoms with Gasteiger partial charge in [0, 0.05) is 11.7 Å². The van der Waals surface area contributed by atoms with Crippen LogP contribution < -0.4 is 11.1 Å². The third-order valence-corrected chi connectivity index (χ3v) is 4.17. The van der Waals surface area contributed by atoms with Crippen molar-refractivity contribution in [1.82, 2.24) is 15.1 Å². The molecule has 0 aromatic carbocycles. The predicted octanol–water partition coefficient (Wildman–Crippen LogP) is 1.80. The summed E-state index contributed by atoms with van der Waals surface area (Å²) in [5.74, 6) is 0.389. The number of carbonyl (C=O) groups is 1. The van der Waals surface area contributed by atoms with Gasteiger partial charge in [0.05, 0.1) is 17.3 Å². The fourth-order valence-corrected chi connectivity index (χ4v) is 3.06. The third kappa shape index (κ3) is 2.87. The number of rotatable bonds is 3. The van der Waals surface area contributed by atoms with E-state index in [1.54, 1.807) is 6.20 Å². The van der Waals surface area contributed by atoms with Crippen molar-refractivity contribution in [1.29, 1.82) is 0 Å². The zero-order chi connectivity index (χ0) is 14.9. The highest BCUT2D eigenvalue weighted by molar-refractivity contribution is 5.95. The van der Waals surface area contributed by atoms with E-state index >= 15 is 0 Å². The topological polar surface area (TPSA) is 72.9 Å². The minimum atomic E-state index is -0.115. The van der Waals surface area contributed by atoms with Crippen LogP contribution in [0.5, 0.6) is 0 Å². The highest BCUT2D eigenvalue weighted by Crippen LogP contribution is 2.25. The standard InChI is InChI=1S/C15H26N4O/c1-10-12(9-17-19(10)15(2,3)4)14(20)18-13-7-5-6-11(13)8-16/h9,11,13H,5-8,16H2,1-4H3,(H,18,20). The molecular weight excluding hydrogens is 252 g/mol. The van der Waals surface area contributed by atoms with Crippen molar-refractivity contribution >= 4 is 5.91 Å². The Bertz CT molecular complexity index is 487. The number of nitrogens with zero attached hydrogens (tertiary/aromatic N) is 2. The lowest BCUT2D eigenvalue weighted by molar-refractivity contribution is 0.0928. The van der Waals surface area contributed by atoms with Gasteiger partial charge in [-0.25, -0.2) is 0 Å². The molecular formula is C15H26N4O. The Morgan fingerprint density at radius 2 is 2.20 bits per heavy atom. The van der Waals surface area contributed by atoms with E-state index in [0.29, 0.717) is 18.0 Å². The molecule has 2 unspecified atom stereocenters. The molecule has 0 bridgehead atoms. The van der Waals surface area contributed by atoms with Crippen LogP contribution in [0.2, 0.25) is 0 Å². The van der Waals surface area contributed by atoms with Gasteiger partial charge in [0.15, 0.2) is 0 Å². The van der Waals surface area contributed by atoms with Crippen molar-refractivity contribution in [3.63, 3.8) is 0 Å². The molecule has 20 heavy (non-hydrogen) atoms. The van der Waals surface area contributed by atoms with Crippen LogP contribution in [-0.2, 0) is 5.54 Å². The van der Waals surface area contributed by atoms with E-state index in [2.05, 4.69) is 31.2 Å². The average molecular weight is 278 g/mol. The van der Waals surface area contributed by atoms with Crippen molar-refractivity contribution in [2.45, 2.75) is 58.5 Å². The van der Waals surface area contributed by atoms with Crippen molar-refractivity contribution in [2.75, 3.05) is 6.54 Å². The molecule has 1 aromatic rings. The molecule has 1 aliphatic carbocycles. The second-order valence-electron chi connectivity index (χ2n) is 6.73. The van der Waals surface area contributed by atoms with E-state index < -0.39 is 0 Å². The molecule has 1 heterocycles. The van der Waals surface area contributed by atoms with E-state index in [1.807, 2.05) is 11.6 Å². The minimum absolute atomic E-state index is 0.0247. The number of nitrogens with two attached hydrogens (primary N) is 1. The molecule has 0 radical (unpaired) electrons. The lowest BCUT2D eigenvalue weighted by Crippen LogP contribution is -2.40. The lowest BCUT2D eigenvalue weighted by atomic mass is 10.0. The van der Waals surface area contributed by atoms with Gasteiger partial charge in [0.1, 0.15) is 0 Å². The molecule has 3 N–H and O–H groups in total. The predicted molar refractivity (Wildman–Crippen MR) is 79.6 cm³/mol. The molecule has 1 aliphatic rings. The Hall–Kier alpha value is -1.36. The second kappa shape index (κ2) is 5.56. The number of hydrogen-bond acceptors (Lipinski definition) is 3. The fraction of sp³-hybridized carbons (Fsp3) is 0.733. The van der Waals surface area contributed by atoms with Gasteiger partial charge in [-0.05, 0) is 53.0 Å². The molecule has 1 fully saturated rings. The normalized spacial score (nSPS) is 23.1. The quantitative estimate of drug-likeness (QED) is 0.885. The second-order valence-corrected chi connectivity index (χ2v) is 6.73. The van der Waals surface area contributed by atoms with Crippen LogP contribution in [-0.4, -0.2) is 28.3 Å². The maximum absolute atomic E-state index is 12.4. The molecule has 0 aliphatic heterocycles. The largest absolute Gasteiger partial charge is 0.349 e. The van der Waals surface area contributed by atoms with Crippen molar-refractivity contribution in [3.8, 4) is 0 Å². The Balaban J connectivity index is 2.12. The van der Waals surface area contributed by atoms with Crippen molar-refractivity contribution < 1.29 is 4.79 Å². The summed E-state index contributed by atoms with van der Waals surface area (Å²) in [6.07, 6.45) is 4.96. The molecule has 1 amide bonds. The van der Waals surface area contributed by atoms with Crippen LogP contribution in [0.3, 0.4) is 0 Å². The zero-order valence-electron chi connectivity index (χ0n) is 12.9. The SMILES string of the molecule is Cc1c(C(=O)NC2CCCC2CN)cnn1C(C)(C)C. The molecule has 5 nitrogen and oxygen atoms in total. The molecule has 1 aromatic heterocycles. The Morgan fingerprint density at radius 3 is 2.75 bits per heavy atom. The number of aromatic nitrogens is 2. The van der Waals surface area contributed by atoms with Gasteiger partial charge in [0.2, 0.25) is 0 Å². The van der Waals surface area contributed by atoms with Crippen LogP contribution in [0.25, 0.3) is 0 Å². The average Bonchev–Trinajstić information content (AvgIpc) is 2.94. The summed E-state index contributed by atoms with van der Waals surface area (Å²) in [5.41, 5.74) is 7.23. The summed E-state index contributed by atoms with van der Waals surface area (Å²) in [5, 5.41) is 7.48. The molecule has 0 spiro atoms. The summed E-state index contributed by atoms with van der Waals surface area (Å²) in [6, 6.07) is 0.213. The molecule has 0 saturated heterocycles. The Labute approximate surface area is 120 Å². The van der Waals surface area contributed by atoms with Crippen LogP contribution >= 0.6 is 0 Å². The first-order valence-corrected chi connectivity index (χ1v) is 7.40. The van der Waals surface area contributed by atoms with E-state index in [9.17, 15) is 4.79 Å². The van der Waals surface area contributed by atoms with E-state index in [0.717, 1.165) is 25.0 Å². The van der Waals surface area contributed by atoms with Crippen LogP contribution in [0, 0.1) is 12.8 Å². The first-order chi connectivity index (χ1) is 9.34. The molecule has 1 saturated carbocycles. The van der Waals surface area contributed by atoms with Gasteiger partial charge in [0.25, 0.3) is 5.91 Å². The smallest absolute Gasteiger partial charge is 0.254 e. The van der Waals surface area contributed by atoms with Crippen LogP contribution in [0.15, 0.2) is 6.20 Å². The number of amides is 1. The first kappa shape index (κ1) is 15.0. The molecule has 5 heteroatoms. The van der Waals surface area contributed by atoms with E-state index in [-0.39, 0.29) is 17.5 Å². The van der Waals surface area contributed by atoms with Crippen LogP contribution in [0.4, 0.5) is 0 Å². The Kier molecular flexibility index (Phi) is 4.18. The van der Waals surface area contributed by atoms with Gasteiger partial charge in [-0.1, -0.05) is 6.42 Å². The van der Waals surface area contributed by atoms with Crippen LogP contribution in [0.1, 0.15) is 56.1 Å². The van der Waals surface area contributed by atoms with Crippen molar-refractivity contribution in [2.24, 2.45) is 11.7 Å². The lowest BCUT2D eigenvalue weighted by Gasteiger charge is -2.22. The Morgan fingerprint density at radius 1 is 1.50 bits per heavy atom. The summed E-state index contributed by atoms with van der Waals surface area (Å²) < 4.78 is 1.90. The highest BCUT2D eigenvalue weighted by Gasteiger charge is 2.29. The number of nitrogens with one attached hydrogen (secondary N) is 1. The first-order valence-electron chi connectivity index (χ1n) is 7.40. The fourth-order valence-electron chi connectivity index (χ4n) is 3.06. The third-order valence-electron chi connectivity index (χ3n) is 4.17. The van der Waals surface area contributed by atoms with Gasteiger partial charge >= 0.3 is 0 Å². The van der Waals surface area contributed by atoms with Gasteiger partial charge in [-0.15, -0.1) is 0 Å². The number of hydrogen-bond donors (Lipinski definition) is 2. The van der Waals surface area contributed by atoms with E-state index in [1.165, 1.54) is 0 Å². The monoisotopic (exact) mass is 278 g/mol. The summed E-state index contributed by atoms with van der Waals surface area (Å²) >= 11 is 0. The zero-order valence-corrected chi connectivity index (χ0v) is 12.9. The molecule has 2 rings (SSSR count). The van der Waals surface area contributed by atoms with Crippen molar-refractivity contribution in [3.05, 3.63) is 17.5 Å². The summed E-state index contributed by atoms with van der Waals surface area (Å²) in [7, 11) is 0. The minimum Gasteiger partial charge on any atom is -0.349 e. The summed E-state index contributed by atoms with van der Waals surface area (Å²) in [4.78, 5) is 12.4. The highest BCUT2D eigenvalue weighted by atomic mass is 16.1. The number of carbonyl (C=O) groups excluding carboxylic acids is 1. The van der Waals surface area contributed by atoms with Gasteiger partial charge in [-0.3, -0.25) is 9.48 Å².